The van der Waals surface area contributed by atoms with Crippen molar-refractivity contribution in [2.24, 2.45) is 11.5 Å². The molecule has 0 radical (unpaired) electrons. The Morgan fingerprint density at radius 3 is 2.49 bits per heavy atom. The summed E-state index contributed by atoms with van der Waals surface area (Å²) in [5.41, 5.74) is 14.3. The van der Waals surface area contributed by atoms with Gasteiger partial charge in [0.15, 0.2) is 0 Å². The van der Waals surface area contributed by atoms with E-state index >= 15 is 0 Å². The number of hydrogen-bond donors (Lipinski definition) is 4. The summed E-state index contributed by atoms with van der Waals surface area (Å²) in [6.45, 7) is 0. The zero-order valence-corrected chi connectivity index (χ0v) is 22.4. The number of halogens is 1. The molecule has 196 valence electrons. The van der Waals surface area contributed by atoms with Crippen molar-refractivity contribution >= 4 is 40.3 Å². The molecule has 0 aliphatic carbocycles. The molecule has 0 unspecified atom stereocenters. The number of anilines is 1. The number of allylic oxidation sites excluding steroid dienone is 3. The molecule has 1 aromatic heterocycles. The van der Waals surface area contributed by atoms with Gasteiger partial charge in [0.2, 0.25) is 11.0 Å². The Morgan fingerprint density at radius 1 is 1.03 bits per heavy atom. The molecule has 0 saturated heterocycles. The molecule has 10 heteroatoms. The largest absolute Gasteiger partial charge is 0.402 e. The molecule has 0 fully saturated rings. The van der Waals surface area contributed by atoms with Crippen LogP contribution in [0.4, 0.5) is 5.13 Å². The van der Waals surface area contributed by atoms with E-state index in [2.05, 4.69) is 20.8 Å². The molecule has 8 nitrogen and oxygen atoms in total. The number of unbranched alkanes of at least 4 members (excludes halogenated alkanes) is 1. The average molecular weight is 541 g/mol. The maximum Gasteiger partial charge on any atom is 0.230 e. The Bertz CT molecular complexity index is 1180. The van der Waals surface area contributed by atoms with Gasteiger partial charge < -0.3 is 26.9 Å². The first kappa shape index (κ1) is 29.5. The lowest BCUT2D eigenvalue weighted by Crippen LogP contribution is -2.14. The number of nitrogens with zero attached hydrogens (tertiary/aromatic N) is 2. The second-order valence-electron chi connectivity index (χ2n) is 8.03. The molecule has 2 aromatic carbocycles. The van der Waals surface area contributed by atoms with Gasteiger partial charge in [-0.25, -0.2) is 0 Å². The molecule has 0 saturated carbocycles. The third kappa shape index (κ3) is 12.7. The Labute approximate surface area is 226 Å². The summed E-state index contributed by atoms with van der Waals surface area (Å²) in [5.74, 6) is 0.429. The van der Waals surface area contributed by atoms with Crippen LogP contribution in [-0.4, -0.2) is 29.4 Å². The summed E-state index contributed by atoms with van der Waals surface area (Å²) in [7, 11) is 1.76. The Morgan fingerprint density at radius 2 is 1.78 bits per heavy atom. The van der Waals surface area contributed by atoms with Crippen molar-refractivity contribution in [2.75, 3.05) is 12.4 Å². The highest BCUT2D eigenvalue weighted by Crippen LogP contribution is 2.19. The number of aryl methyl sites for hydroxylation is 1. The average Bonchev–Trinajstić information content (AvgIpc) is 3.33. The van der Waals surface area contributed by atoms with Crippen LogP contribution in [0.25, 0.3) is 0 Å². The van der Waals surface area contributed by atoms with Crippen molar-refractivity contribution in [1.29, 1.82) is 0 Å². The van der Waals surface area contributed by atoms with Crippen LogP contribution in [0.1, 0.15) is 35.4 Å². The zero-order chi connectivity index (χ0) is 26.9. The van der Waals surface area contributed by atoms with Crippen LogP contribution in [-0.2, 0) is 28.9 Å². The van der Waals surface area contributed by atoms with E-state index in [-0.39, 0.29) is 12.3 Å². The zero-order valence-electron chi connectivity index (χ0n) is 20.8. The van der Waals surface area contributed by atoms with E-state index in [1.54, 1.807) is 25.3 Å². The molecular formula is C27H33ClN6O2S. The second-order valence-corrected chi connectivity index (χ2v) is 9.53. The molecule has 0 atom stereocenters. The fourth-order valence-corrected chi connectivity index (χ4v) is 4.09. The van der Waals surface area contributed by atoms with E-state index in [0.29, 0.717) is 22.4 Å². The Hall–Kier alpha value is -3.69. The minimum absolute atomic E-state index is 0.142. The van der Waals surface area contributed by atoms with Crippen molar-refractivity contribution in [3.05, 3.63) is 99.4 Å². The number of aldehydes is 1. The molecule has 3 aromatic rings. The summed E-state index contributed by atoms with van der Waals surface area (Å²) >= 11 is 7.33. The van der Waals surface area contributed by atoms with E-state index in [4.69, 9.17) is 23.1 Å². The van der Waals surface area contributed by atoms with Crippen LogP contribution in [0.2, 0.25) is 5.02 Å². The number of amides is 1. The molecule has 0 aliphatic rings. The van der Waals surface area contributed by atoms with Gasteiger partial charge in [0.05, 0.1) is 12.2 Å². The molecule has 0 aliphatic heterocycles. The van der Waals surface area contributed by atoms with E-state index < -0.39 is 0 Å². The summed E-state index contributed by atoms with van der Waals surface area (Å²) in [5, 5.41) is 15.8. The maximum atomic E-state index is 12.1. The summed E-state index contributed by atoms with van der Waals surface area (Å²) in [6.07, 6.45) is 8.70. The van der Waals surface area contributed by atoms with Gasteiger partial charge in [0, 0.05) is 30.6 Å². The Kier molecular flexibility index (Phi) is 13.5. The smallest absolute Gasteiger partial charge is 0.230 e. The fourth-order valence-electron chi connectivity index (χ4n) is 3.08. The second kappa shape index (κ2) is 16.9. The van der Waals surface area contributed by atoms with Crippen LogP contribution in [0.5, 0.6) is 0 Å². The molecule has 37 heavy (non-hydrogen) atoms. The lowest BCUT2D eigenvalue weighted by molar-refractivity contribution is -0.115. The van der Waals surface area contributed by atoms with Crippen LogP contribution in [0.3, 0.4) is 0 Å². The Balaban J connectivity index is 0.000000449. The number of carbonyl (C=O) groups is 2. The van der Waals surface area contributed by atoms with Gasteiger partial charge in [0.25, 0.3) is 0 Å². The van der Waals surface area contributed by atoms with Gasteiger partial charge in [-0.2, -0.15) is 0 Å². The van der Waals surface area contributed by atoms with E-state index in [1.807, 2.05) is 48.5 Å². The topological polar surface area (TPSA) is 136 Å². The minimum atomic E-state index is -0.142. The van der Waals surface area contributed by atoms with Gasteiger partial charge in [-0.05, 0) is 54.7 Å². The van der Waals surface area contributed by atoms with Gasteiger partial charge in [-0.1, -0.05) is 65.4 Å². The molecule has 1 amide bonds. The van der Waals surface area contributed by atoms with E-state index in [1.165, 1.54) is 11.3 Å². The SMILES string of the molecule is CN/C(N)=C/C=C(\N)CCCCc1nnc(NC(=O)Cc2cccc(Cl)c2)s1.O=CCc1ccccc1. The first-order valence-corrected chi connectivity index (χ1v) is 13.0. The van der Waals surface area contributed by atoms with Crippen LogP contribution in [0.15, 0.2) is 78.3 Å². The van der Waals surface area contributed by atoms with Crippen molar-refractivity contribution in [1.82, 2.24) is 15.5 Å². The third-order valence-electron chi connectivity index (χ3n) is 5.00. The van der Waals surface area contributed by atoms with Crippen molar-refractivity contribution in [3.63, 3.8) is 0 Å². The molecule has 1 heterocycles. The molecular weight excluding hydrogens is 508 g/mol. The van der Waals surface area contributed by atoms with Crippen LogP contribution >= 0.6 is 22.9 Å². The van der Waals surface area contributed by atoms with Crippen molar-refractivity contribution in [3.8, 4) is 0 Å². The monoisotopic (exact) mass is 540 g/mol. The van der Waals surface area contributed by atoms with Crippen molar-refractivity contribution in [2.45, 2.75) is 38.5 Å². The van der Waals surface area contributed by atoms with Crippen LogP contribution in [0, 0.1) is 0 Å². The lowest BCUT2D eigenvalue weighted by atomic mass is 10.1. The van der Waals surface area contributed by atoms with Crippen molar-refractivity contribution < 1.29 is 9.59 Å². The molecule has 6 N–H and O–H groups in total. The number of nitrogens with one attached hydrogen (secondary N) is 2. The number of hydrogen-bond acceptors (Lipinski definition) is 8. The minimum Gasteiger partial charge on any atom is -0.402 e. The van der Waals surface area contributed by atoms with E-state index in [9.17, 15) is 9.59 Å². The van der Waals surface area contributed by atoms with Gasteiger partial charge >= 0.3 is 0 Å². The van der Waals surface area contributed by atoms with Gasteiger partial charge in [-0.3, -0.25) is 4.79 Å². The lowest BCUT2D eigenvalue weighted by Gasteiger charge is -2.02. The summed E-state index contributed by atoms with van der Waals surface area (Å²) in [6, 6.07) is 16.9. The number of benzene rings is 2. The van der Waals surface area contributed by atoms with Gasteiger partial charge in [0.1, 0.15) is 11.3 Å². The first-order chi connectivity index (χ1) is 17.9. The normalized spacial score (nSPS) is 11.3. The number of aromatic nitrogens is 2. The number of carbonyl (C=O) groups excluding carboxylic acids is 2. The number of rotatable bonds is 12. The standard InChI is InChI=1S/C19H25ClN6OS.C8H8O/c1-23-16(22)10-9-15(21)7-2-3-8-18-25-26-19(28-18)24-17(27)12-13-5-4-6-14(20)11-13;9-7-6-8-4-2-1-3-5-8/h4-6,9-11,23H,2-3,7-8,12,21-22H2,1H3,(H,24,26,27);1-5,7H,6H2/b15-9-,16-10+;. The summed E-state index contributed by atoms with van der Waals surface area (Å²) in [4.78, 5) is 22.1. The highest BCUT2D eigenvalue weighted by molar-refractivity contribution is 7.15. The highest BCUT2D eigenvalue weighted by Gasteiger charge is 2.09. The quantitative estimate of drug-likeness (QED) is 0.152. The third-order valence-corrected chi connectivity index (χ3v) is 6.13. The fraction of sp³-hybridized carbons (Fsp3) is 0.259. The maximum absolute atomic E-state index is 12.1. The van der Waals surface area contributed by atoms with E-state index in [0.717, 1.165) is 53.8 Å². The van der Waals surface area contributed by atoms with Crippen LogP contribution < -0.4 is 22.1 Å². The highest BCUT2D eigenvalue weighted by atomic mass is 35.5. The number of nitrogens with two attached hydrogens (primary N) is 2. The van der Waals surface area contributed by atoms with Gasteiger partial charge in [-0.15, -0.1) is 10.2 Å². The predicted molar refractivity (Wildman–Crippen MR) is 151 cm³/mol. The summed E-state index contributed by atoms with van der Waals surface area (Å²) < 4.78 is 0. The predicted octanol–water partition coefficient (Wildman–Crippen LogP) is 4.38. The first-order valence-electron chi connectivity index (χ1n) is 11.8. The molecule has 0 bridgehead atoms. The molecule has 3 rings (SSSR count). The molecule has 0 spiro atoms.